The minimum Gasteiger partial charge on any atom is -0.399 e. The molecule has 4 nitrogen and oxygen atoms in total. The first-order chi connectivity index (χ1) is 10.1. The fourth-order valence-electron chi connectivity index (χ4n) is 2.31. The minimum atomic E-state index is 0.00123. The molecular weight excluding hydrogens is 282 g/mol. The highest BCUT2D eigenvalue weighted by Crippen LogP contribution is 2.19. The molecule has 0 saturated heterocycles. The number of benzene rings is 1. The standard InChI is InChI=1S/C16H17N3OS/c1-19(7-6-13-3-2-8-21-13)16(20)15-10-11-9-12(17)4-5-14(11)18-15/h2-5,8-10,18H,6-7,17H2,1H3. The maximum absolute atomic E-state index is 12.4. The van der Waals surface area contributed by atoms with E-state index in [1.807, 2.05) is 37.4 Å². The number of aromatic nitrogens is 1. The van der Waals surface area contributed by atoms with Crippen LogP contribution < -0.4 is 5.73 Å². The van der Waals surface area contributed by atoms with E-state index in [-0.39, 0.29) is 5.91 Å². The number of rotatable bonds is 4. The van der Waals surface area contributed by atoms with Crippen LogP contribution in [0.15, 0.2) is 41.8 Å². The minimum absolute atomic E-state index is 0.00123. The quantitative estimate of drug-likeness (QED) is 0.727. The molecule has 2 heterocycles. The van der Waals surface area contributed by atoms with Crippen molar-refractivity contribution in [2.24, 2.45) is 0 Å². The van der Waals surface area contributed by atoms with Gasteiger partial charge in [-0.15, -0.1) is 11.3 Å². The van der Waals surface area contributed by atoms with E-state index < -0.39 is 0 Å². The number of hydrogen-bond donors (Lipinski definition) is 2. The number of nitrogens with zero attached hydrogens (tertiary/aromatic N) is 1. The van der Waals surface area contributed by atoms with Gasteiger partial charge in [0.25, 0.3) is 5.91 Å². The number of nitrogen functional groups attached to an aromatic ring is 1. The summed E-state index contributed by atoms with van der Waals surface area (Å²) in [5.74, 6) is 0.00123. The van der Waals surface area contributed by atoms with Gasteiger partial charge in [0.15, 0.2) is 0 Å². The van der Waals surface area contributed by atoms with E-state index in [1.54, 1.807) is 16.2 Å². The molecule has 1 aromatic carbocycles. The third-order valence-corrected chi connectivity index (χ3v) is 4.43. The van der Waals surface area contributed by atoms with Crippen molar-refractivity contribution >= 4 is 33.8 Å². The van der Waals surface area contributed by atoms with Gasteiger partial charge in [0.05, 0.1) is 0 Å². The lowest BCUT2D eigenvalue weighted by Crippen LogP contribution is -2.28. The van der Waals surface area contributed by atoms with Gasteiger partial charge in [0.2, 0.25) is 0 Å². The zero-order valence-electron chi connectivity index (χ0n) is 11.8. The average Bonchev–Trinajstić information content (AvgIpc) is 3.12. The smallest absolute Gasteiger partial charge is 0.270 e. The van der Waals surface area contributed by atoms with Crippen LogP contribution in [0.3, 0.4) is 0 Å². The summed E-state index contributed by atoms with van der Waals surface area (Å²) in [6.45, 7) is 0.705. The summed E-state index contributed by atoms with van der Waals surface area (Å²) in [5.41, 5.74) is 7.99. The second-order valence-electron chi connectivity index (χ2n) is 5.09. The first-order valence-corrected chi connectivity index (χ1v) is 7.67. The predicted octanol–water partition coefficient (Wildman–Crippen LogP) is 3.13. The van der Waals surface area contributed by atoms with Gasteiger partial charge in [0, 0.05) is 35.1 Å². The molecule has 3 rings (SSSR count). The van der Waals surface area contributed by atoms with E-state index in [9.17, 15) is 4.79 Å². The summed E-state index contributed by atoms with van der Waals surface area (Å²) in [6.07, 6.45) is 0.882. The summed E-state index contributed by atoms with van der Waals surface area (Å²) < 4.78 is 0. The molecule has 0 spiro atoms. The molecule has 0 unspecified atom stereocenters. The van der Waals surface area contributed by atoms with E-state index in [1.165, 1.54) is 4.88 Å². The molecule has 0 aliphatic rings. The van der Waals surface area contributed by atoms with Crippen LogP contribution in [0.4, 0.5) is 5.69 Å². The highest BCUT2D eigenvalue weighted by molar-refractivity contribution is 7.09. The van der Waals surface area contributed by atoms with E-state index in [0.717, 1.165) is 17.3 Å². The Morgan fingerprint density at radius 1 is 1.33 bits per heavy atom. The van der Waals surface area contributed by atoms with Gasteiger partial charge in [-0.3, -0.25) is 4.79 Å². The number of hydrogen-bond acceptors (Lipinski definition) is 3. The predicted molar refractivity (Wildman–Crippen MR) is 87.7 cm³/mol. The largest absolute Gasteiger partial charge is 0.399 e. The van der Waals surface area contributed by atoms with Crippen molar-refractivity contribution in [2.45, 2.75) is 6.42 Å². The Labute approximate surface area is 127 Å². The Balaban J connectivity index is 1.73. The van der Waals surface area contributed by atoms with Crippen molar-refractivity contribution in [2.75, 3.05) is 19.3 Å². The fraction of sp³-hybridized carbons (Fsp3) is 0.188. The number of fused-ring (bicyclic) bond motifs is 1. The summed E-state index contributed by atoms with van der Waals surface area (Å²) in [6, 6.07) is 11.6. The number of nitrogens with one attached hydrogen (secondary N) is 1. The maximum atomic E-state index is 12.4. The second kappa shape index (κ2) is 5.61. The van der Waals surface area contributed by atoms with E-state index in [0.29, 0.717) is 17.9 Å². The Bertz CT molecular complexity index is 761. The molecule has 3 N–H and O–H groups in total. The number of aromatic amines is 1. The second-order valence-corrected chi connectivity index (χ2v) is 6.12. The Morgan fingerprint density at radius 2 is 2.19 bits per heavy atom. The van der Waals surface area contributed by atoms with Crippen molar-refractivity contribution in [1.82, 2.24) is 9.88 Å². The Kier molecular flexibility index (Phi) is 3.66. The van der Waals surface area contributed by atoms with Crippen LogP contribution in [0, 0.1) is 0 Å². The van der Waals surface area contributed by atoms with Gasteiger partial charge < -0.3 is 15.6 Å². The fourth-order valence-corrected chi connectivity index (χ4v) is 3.00. The highest BCUT2D eigenvalue weighted by Gasteiger charge is 2.14. The third kappa shape index (κ3) is 2.92. The SMILES string of the molecule is CN(CCc1cccs1)C(=O)c1cc2cc(N)ccc2[nH]1. The molecule has 0 atom stereocenters. The number of amides is 1. The number of carbonyl (C=O) groups excluding carboxylic acids is 1. The summed E-state index contributed by atoms with van der Waals surface area (Å²) in [7, 11) is 1.83. The van der Waals surface area contributed by atoms with Crippen molar-refractivity contribution < 1.29 is 4.79 Å². The van der Waals surface area contributed by atoms with Gasteiger partial charge in [-0.25, -0.2) is 0 Å². The number of anilines is 1. The van der Waals surface area contributed by atoms with Crippen molar-refractivity contribution in [1.29, 1.82) is 0 Å². The lowest BCUT2D eigenvalue weighted by Gasteiger charge is -2.15. The molecule has 0 saturated carbocycles. The Hall–Kier alpha value is -2.27. The Morgan fingerprint density at radius 3 is 2.95 bits per heavy atom. The van der Waals surface area contributed by atoms with Crippen molar-refractivity contribution in [3.05, 3.63) is 52.3 Å². The van der Waals surface area contributed by atoms with Gasteiger partial charge in [-0.05, 0) is 42.1 Å². The molecule has 1 amide bonds. The molecule has 0 aliphatic heterocycles. The molecule has 3 aromatic rings. The normalized spacial score (nSPS) is 10.9. The average molecular weight is 299 g/mol. The number of thiophene rings is 1. The molecule has 2 aromatic heterocycles. The van der Waals surface area contributed by atoms with Gasteiger partial charge in [0.1, 0.15) is 5.69 Å². The summed E-state index contributed by atoms with van der Waals surface area (Å²) in [5, 5.41) is 3.02. The number of carbonyl (C=O) groups is 1. The van der Waals surface area contributed by atoms with Crippen LogP contribution in [0.2, 0.25) is 0 Å². The van der Waals surface area contributed by atoms with E-state index in [4.69, 9.17) is 5.73 Å². The third-order valence-electron chi connectivity index (χ3n) is 3.50. The first-order valence-electron chi connectivity index (χ1n) is 6.79. The van der Waals surface area contributed by atoms with E-state index in [2.05, 4.69) is 16.4 Å². The highest BCUT2D eigenvalue weighted by atomic mass is 32.1. The monoisotopic (exact) mass is 299 g/mol. The molecular formula is C16H17N3OS. The summed E-state index contributed by atoms with van der Waals surface area (Å²) >= 11 is 1.72. The number of nitrogens with two attached hydrogens (primary N) is 1. The van der Waals surface area contributed by atoms with Crippen LogP contribution in [-0.4, -0.2) is 29.4 Å². The molecule has 0 bridgehead atoms. The number of likely N-dealkylation sites (N-methyl/N-ethyl adjacent to an activating group) is 1. The zero-order valence-corrected chi connectivity index (χ0v) is 12.6. The summed E-state index contributed by atoms with van der Waals surface area (Å²) in [4.78, 5) is 18.6. The lowest BCUT2D eigenvalue weighted by molar-refractivity contribution is 0.0792. The first kappa shape index (κ1) is 13.7. The molecule has 0 fully saturated rings. The molecule has 21 heavy (non-hydrogen) atoms. The molecule has 108 valence electrons. The van der Waals surface area contributed by atoms with Crippen LogP contribution >= 0.6 is 11.3 Å². The molecule has 0 aliphatic carbocycles. The van der Waals surface area contributed by atoms with Crippen molar-refractivity contribution in [3.63, 3.8) is 0 Å². The van der Waals surface area contributed by atoms with Gasteiger partial charge >= 0.3 is 0 Å². The van der Waals surface area contributed by atoms with Crippen LogP contribution in [0.25, 0.3) is 10.9 Å². The topological polar surface area (TPSA) is 62.1 Å². The lowest BCUT2D eigenvalue weighted by atomic mass is 10.2. The molecule has 0 radical (unpaired) electrons. The maximum Gasteiger partial charge on any atom is 0.270 e. The van der Waals surface area contributed by atoms with Crippen LogP contribution in [-0.2, 0) is 6.42 Å². The number of H-pyrrole nitrogens is 1. The molecule has 5 heteroatoms. The van der Waals surface area contributed by atoms with Crippen molar-refractivity contribution in [3.8, 4) is 0 Å². The zero-order chi connectivity index (χ0) is 14.8. The van der Waals surface area contributed by atoms with Crippen LogP contribution in [0.1, 0.15) is 15.4 Å². The van der Waals surface area contributed by atoms with Gasteiger partial charge in [-0.2, -0.15) is 0 Å². The van der Waals surface area contributed by atoms with Crippen LogP contribution in [0.5, 0.6) is 0 Å². The van der Waals surface area contributed by atoms with Gasteiger partial charge in [-0.1, -0.05) is 6.07 Å². The van der Waals surface area contributed by atoms with E-state index >= 15 is 0 Å².